The maximum absolute atomic E-state index is 12.3. The Labute approximate surface area is 137 Å². The van der Waals surface area contributed by atoms with Gasteiger partial charge in [0, 0.05) is 11.6 Å². The van der Waals surface area contributed by atoms with E-state index in [4.69, 9.17) is 9.47 Å². The highest BCUT2D eigenvalue weighted by Gasteiger charge is 2.12. The van der Waals surface area contributed by atoms with Crippen molar-refractivity contribution in [2.24, 2.45) is 0 Å². The molecule has 0 fully saturated rings. The van der Waals surface area contributed by atoms with Gasteiger partial charge in [-0.25, -0.2) is 4.98 Å². The Kier molecular flexibility index (Phi) is 4.43. The van der Waals surface area contributed by atoms with Gasteiger partial charge in [-0.05, 0) is 18.2 Å². The molecule has 0 aliphatic heterocycles. The Morgan fingerprint density at radius 2 is 2.00 bits per heavy atom. The van der Waals surface area contributed by atoms with Crippen molar-refractivity contribution < 1.29 is 14.3 Å². The number of amides is 1. The fourth-order valence-corrected chi connectivity index (χ4v) is 3.14. The van der Waals surface area contributed by atoms with Crippen molar-refractivity contribution in [2.45, 2.75) is 6.42 Å². The van der Waals surface area contributed by atoms with Crippen molar-refractivity contribution in [2.75, 3.05) is 19.5 Å². The monoisotopic (exact) mass is 328 g/mol. The highest BCUT2D eigenvalue weighted by atomic mass is 32.1. The summed E-state index contributed by atoms with van der Waals surface area (Å²) < 4.78 is 11.5. The second kappa shape index (κ2) is 6.66. The molecule has 0 radical (unpaired) electrons. The molecule has 0 bridgehead atoms. The van der Waals surface area contributed by atoms with Gasteiger partial charge in [-0.2, -0.15) is 0 Å². The smallest absolute Gasteiger partial charge is 0.230 e. The number of hydrogen-bond donors (Lipinski definition) is 1. The standard InChI is InChI=1S/C17H16N2O3S/c1-21-12-8-7-11(14(10-12)22-2)9-16(20)19-17-18-13-5-3-4-6-15(13)23-17/h3-8,10H,9H2,1-2H3,(H,18,19,20). The normalized spacial score (nSPS) is 10.5. The number of nitrogens with zero attached hydrogens (tertiary/aromatic N) is 1. The first-order chi connectivity index (χ1) is 11.2. The number of fused-ring (bicyclic) bond motifs is 1. The minimum Gasteiger partial charge on any atom is -0.497 e. The molecule has 0 saturated heterocycles. The Morgan fingerprint density at radius 3 is 2.74 bits per heavy atom. The lowest BCUT2D eigenvalue weighted by molar-refractivity contribution is -0.115. The van der Waals surface area contributed by atoms with E-state index in [0.717, 1.165) is 15.8 Å². The third-order valence-electron chi connectivity index (χ3n) is 3.39. The molecule has 1 amide bonds. The number of carbonyl (C=O) groups is 1. The lowest BCUT2D eigenvalue weighted by Gasteiger charge is -2.10. The molecule has 0 aliphatic carbocycles. The maximum Gasteiger partial charge on any atom is 0.230 e. The van der Waals surface area contributed by atoms with Crippen molar-refractivity contribution in [3.8, 4) is 11.5 Å². The average Bonchev–Trinajstić information content (AvgIpc) is 2.97. The molecule has 0 aliphatic rings. The number of methoxy groups -OCH3 is 2. The number of nitrogens with one attached hydrogen (secondary N) is 1. The highest BCUT2D eigenvalue weighted by Crippen LogP contribution is 2.27. The average molecular weight is 328 g/mol. The zero-order valence-corrected chi connectivity index (χ0v) is 13.6. The number of aromatic nitrogens is 1. The zero-order chi connectivity index (χ0) is 16.2. The van der Waals surface area contributed by atoms with E-state index in [9.17, 15) is 4.79 Å². The number of hydrogen-bond acceptors (Lipinski definition) is 5. The Bertz CT molecular complexity index is 812. The number of para-hydroxylation sites is 1. The van der Waals surface area contributed by atoms with Crippen LogP contribution < -0.4 is 14.8 Å². The van der Waals surface area contributed by atoms with Crippen molar-refractivity contribution in [3.63, 3.8) is 0 Å². The third kappa shape index (κ3) is 3.43. The van der Waals surface area contributed by atoms with Gasteiger partial charge < -0.3 is 14.8 Å². The van der Waals surface area contributed by atoms with Crippen LogP contribution in [0, 0.1) is 0 Å². The van der Waals surface area contributed by atoms with Crippen LogP contribution in [0.15, 0.2) is 42.5 Å². The summed E-state index contributed by atoms with van der Waals surface area (Å²) in [5.74, 6) is 1.19. The van der Waals surface area contributed by atoms with Gasteiger partial charge in [0.25, 0.3) is 0 Å². The van der Waals surface area contributed by atoms with E-state index in [0.29, 0.717) is 16.6 Å². The van der Waals surface area contributed by atoms with E-state index in [1.807, 2.05) is 36.4 Å². The molecule has 0 saturated carbocycles. The third-order valence-corrected chi connectivity index (χ3v) is 4.34. The van der Waals surface area contributed by atoms with Gasteiger partial charge in [0.05, 0.1) is 30.9 Å². The van der Waals surface area contributed by atoms with Crippen LogP contribution in [0.1, 0.15) is 5.56 Å². The molecule has 3 rings (SSSR count). The lowest BCUT2D eigenvalue weighted by Crippen LogP contribution is -2.14. The van der Waals surface area contributed by atoms with E-state index in [-0.39, 0.29) is 12.3 Å². The second-order valence-electron chi connectivity index (χ2n) is 4.89. The van der Waals surface area contributed by atoms with Gasteiger partial charge in [-0.3, -0.25) is 4.79 Å². The summed E-state index contributed by atoms with van der Waals surface area (Å²) in [5.41, 5.74) is 1.68. The van der Waals surface area contributed by atoms with Gasteiger partial charge in [0.2, 0.25) is 5.91 Å². The summed E-state index contributed by atoms with van der Waals surface area (Å²) in [5, 5.41) is 3.44. The van der Waals surface area contributed by atoms with Gasteiger partial charge in [0.15, 0.2) is 5.13 Å². The number of benzene rings is 2. The molecular weight excluding hydrogens is 312 g/mol. The van der Waals surface area contributed by atoms with Gasteiger partial charge >= 0.3 is 0 Å². The van der Waals surface area contributed by atoms with Crippen LogP contribution in [-0.4, -0.2) is 25.1 Å². The number of anilines is 1. The van der Waals surface area contributed by atoms with Crippen LogP contribution in [0.2, 0.25) is 0 Å². The van der Waals surface area contributed by atoms with Crippen LogP contribution in [0.5, 0.6) is 11.5 Å². The molecule has 6 heteroatoms. The minimum atomic E-state index is -0.132. The molecule has 23 heavy (non-hydrogen) atoms. The van der Waals surface area contributed by atoms with Crippen molar-refractivity contribution in [1.29, 1.82) is 0 Å². The summed E-state index contributed by atoms with van der Waals surface area (Å²) in [4.78, 5) is 16.6. The topological polar surface area (TPSA) is 60.5 Å². The lowest BCUT2D eigenvalue weighted by atomic mass is 10.1. The fraction of sp³-hybridized carbons (Fsp3) is 0.176. The number of carbonyl (C=O) groups excluding carboxylic acids is 1. The molecule has 0 atom stereocenters. The van der Waals surface area contributed by atoms with Crippen LogP contribution in [-0.2, 0) is 11.2 Å². The zero-order valence-electron chi connectivity index (χ0n) is 12.8. The maximum atomic E-state index is 12.3. The predicted octanol–water partition coefficient (Wildman–Crippen LogP) is 3.49. The van der Waals surface area contributed by atoms with E-state index < -0.39 is 0 Å². The molecule has 1 heterocycles. The first-order valence-electron chi connectivity index (χ1n) is 7.06. The molecule has 5 nitrogen and oxygen atoms in total. The summed E-state index contributed by atoms with van der Waals surface area (Å²) in [6, 6.07) is 13.2. The van der Waals surface area contributed by atoms with Crippen LogP contribution in [0.4, 0.5) is 5.13 Å². The summed E-state index contributed by atoms with van der Waals surface area (Å²) >= 11 is 1.46. The Hall–Kier alpha value is -2.60. The molecule has 118 valence electrons. The Morgan fingerprint density at radius 1 is 1.17 bits per heavy atom. The van der Waals surface area contributed by atoms with Crippen LogP contribution in [0.3, 0.4) is 0 Å². The fourth-order valence-electron chi connectivity index (χ4n) is 2.26. The number of rotatable bonds is 5. The molecular formula is C17H16N2O3S. The first kappa shape index (κ1) is 15.3. The van der Waals surface area contributed by atoms with E-state index in [2.05, 4.69) is 10.3 Å². The van der Waals surface area contributed by atoms with Gasteiger partial charge in [-0.15, -0.1) is 0 Å². The largest absolute Gasteiger partial charge is 0.497 e. The van der Waals surface area contributed by atoms with Crippen LogP contribution >= 0.6 is 11.3 Å². The Balaban J connectivity index is 1.74. The van der Waals surface area contributed by atoms with E-state index in [1.54, 1.807) is 20.3 Å². The summed E-state index contributed by atoms with van der Waals surface area (Å²) in [7, 11) is 3.16. The van der Waals surface area contributed by atoms with Crippen molar-refractivity contribution in [1.82, 2.24) is 4.98 Å². The second-order valence-corrected chi connectivity index (χ2v) is 5.92. The minimum absolute atomic E-state index is 0.132. The predicted molar refractivity (Wildman–Crippen MR) is 91.5 cm³/mol. The molecule has 2 aromatic carbocycles. The molecule has 0 unspecified atom stereocenters. The molecule has 0 spiro atoms. The summed E-state index contributed by atoms with van der Waals surface area (Å²) in [6.07, 6.45) is 0.211. The molecule has 1 aromatic heterocycles. The van der Waals surface area contributed by atoms with E-state index >= 15 is 0 Å². The van der Waals surface area contributed by atoms with Crippen molar-refractivity contribution >= 4 is 32.6 Å². The van der Waals surface area contributed by atoms with E-state index in [1.165, 1.54) is 11.3 Å². The number of ether oxygens (including phenoxy) is 2. The highest BCUT2D eigenvalue weighted by molar-refractivity contribution is 7.22. The van der Waals surface area contributed by atoms with Gasteiger partial charge in [-0.1, -0.05) is 29.5 Å². The first-order valence-corrected chi connectivity index (χ1v) is 7.87. The molecule has 1 N–H and O–H groups in total. The SMILES string of the molecule is COc1ccc(CC(=O)Nc2nc3ccccc3s2)c(OC)c1. The summed E-state index contributed by atoms with van der Waals surface area (Å²) in [6.45, 7) is 0. The number of thiazole rings is 1. The van der Waals surface area contributed by atoms with Crippen molar-refractivity contribution in [3.05, 3.63) is 48.0 Å². The quantitative estimate of drug-likeness (QED) is 0.779. The molecule has 3 aromatic rings. The van der Waals surface area contributed by atoms with Gasteiger partial charge in [0.1, 0.15) is 11.5 Å². The van der Waals surface area contributed by atoms with Crippen LogP contribution in [0.25, 0.3) is 10.2 Å².